The van der Waals surface area contributed by atoms with E-state index in [1.54, 1.807) is 24.0 Å². The number of nitrogens with zero attached hydrogens (tertiary/aromatic N) is 5. The zero-order chi connectivity index (χ0) is 28.8. The second-order valence-corrected chi connectivity index (χ2v) is 12.3. The summed E-state index contributed by atoms with van der Waals surface area (Å²) in [5, 5.41) is 17.3. The van der Waals surface area contributed by atoms with E-state index >= 15 is 0 Å². The van der Waals surface area contributed by atoms with Crippen LogP contribution in [0, 0.1) is 4.91 Å². The summed E-state index contributed by atoms with van der Waals surface area (Å²) in [7, 11) is 0. The fourth-order valence-corrected chi connectivity index (χ4v) is 7.67. The molecule has 19 heteroatoms. The molecular formula is C21H23N9O6S4. The molecule has 0 spiro atoms. The second-order valence-electron chi connectivity index (χ2n) is 8.13. The van der Waals surface area contributed by atoms with Crippen molar-refractivity contribution in [1.29, 1.82) is 0 Å². The normalized spacial score (nSPS) is 18.9. The van der Waals surface area contributed by atoms with Gasteiger partial charge in [0.05, 0.1) is 12.2 Å². The minimum Gasteiger partial charge on any atom is -0.477 e. The van der Waals surface area contributed by atoms with E-state index in [0.717, 1.165) is 27.0 Å². The number of nitrogen functional groups attached to an aromatic ring is 1. The fraction of sp³-hybridized carbons (Fsp3) is 0.381. The molecule has 0 aliphatic carbocycles. The van der Waals surface area contributed by atoms with Crippen LogP contribution in [0.5, 0.6) is 0 Å². The summed E-state index contributed by atoms with van der Waals surface area (Å²) in [6, 6.07) is 0.910. The van der Waals surface area contributed by atoms with Crippen LogP contribution in [0.4, 0.5) is 5.13 Å². The van der Waals surface area contributed by atoms with E-state index < -0.39 is 35.2 Å². The number of amides is 3. The van der Waals surface area contributed by atoms with Crippen molar-refractivity contribution in [3.8, 4) is 0 Å². The van der Waals surface area contributed by atoms with Crippen LogP contribution < -0.4 is 22.1 Å². The van der Waals surface area contributed by atoms with Gasteiger partial charge in [-0.2, -0.15) is 16.1 Å². The van der Waals surface area contributed by atoms with Gasteiger partial charge in [0.1, 0.15) is 17.1 Å². The van der Waals surface area contributed by atoms with Gasteiger partial charge in [0.2, 0.25) is 11.9 Å². The molecule has 2 aliphatic heterocycles. The number of β-lactam (4-membered cyclic amide) rings is 1. The summed E-state index contributed by atoms with van der Waals surface area (Å²) < 4.78 is 3.82. The number of carbonyl (C=O) groups is 4. The summed E-state index contributed by atoms with van der Waals surface area (Å²) in [6.07, 6.45) is 1.64. The Kier molecular flexibility index (Phi) is 9.95. The average molecular weight is 626 g/mol. The predicted octanol–water partition coefficient (Wildman–Crippen LogP) is 0.119. The molecule has 3 unspecified atom stereocenters. The number of nitrogens with two attached hydrogens (primary N) is 2. The SMILES string of the molecule is NCC(=O)NCCSCc1ncccc1SC1=C(C(=O)O)N2C(=O)C(NC(=O)C(N=O)c3nsc(N)n3)C2SC1. The molecule has 212 valence electrons. The number of anilines is 1. The van der Waals surface area contributed by atoms with Crippen molar-refractivity contribution >= 4 is 75.6 Å². The van der Waals surface area contributed by atoms with E-state index in [2.05, 4.69) is 30.2 Å². The third-order valence-corrected chi connectivity index (χ3v) is 9.73. The Morgan fingerprint density at radius 1 is 1.35 bits per heavy atom. The zero-order valence-corrected chi connectivity index (χ0v) is 23.8. The molecule has 7 N–H and O–H groups in total. The number of aromatic nitrogens is 3. The third-order valence-electron chi connectivity index (χ3n) is 5.56. The number of pyridine rings is 1. The fourth-order valence-electron chi connectivity index (χ4n) is 3.73. The lowest BCUT2D eigenvalue weighted by Gasteiger charge is -2.49. The maximum atomic E-state index is 13.0. The summed E-state index contributed by atoms with van der Waals surface area (Å²) in [5.41, 5.74) is 11.3. The first-order valence-corrected chi connectivity index (χ1v) is 15.3. The lowest BCUT2D eigenvalue weighted by molar-refractivity contribution is -0.150. The molecule has 0 bridgehead atoms. The molecule has 2 aromatic heterocycles. The highest BCUT2D eigenvalue weighted by Gasteiger charge is 2.55. The number of thioether (sulfide) groups is 3. The van der Waals surface area contributed by atoms with Gasteiger partial charge in [-0.25, -0.2) is 9.78 Å². The number of nitroso groups, excluding NO2 is 1. The van der Waals surface area contributed by atoms with E-state index in [1.165, 1.54) is 23.5 Å². The number of hydrogen-bond donors (Lipinski definition) is 5. The average Bonchev–Trinajstić information content (AvgIpc) is 3.37. The van der Waals surface area contributed by atoms with Crippen molar-refractivity contribution in [3.05, 3.63) is 45.4 Å². The van der Waals surface area contributed by atoms with Crippen molar-refractivity contribution < 1.29 is 24.3 Å². The molecule has 0 aromatic carbocycles. The number of hydrogen-bond acceptors (Lipinski definition) is 15. The highest BCUT2D eigenvalue weighted by atomic mass is 32.2. The predicted molar refractivity (Wildman–Crippen MR) is 151 cm³/mol. The zero-order valence-electron chi connectivity index (χ0n) is 20.5. The highest BCUT2D eigenvalue weighted by molar-refractivity contribution is 8.06. The molecule has 1 fully saturated rings. The number of carboxylic acid groups (broad SMARTS) is 1. The van der Waals surface area contributed by atoms with Crippen LogP contribution in [-0.4, -0.2) is 84.0 Å². The number of aliphatic carboxylic acids is 1. The van der Waals surface area contributed by atoms with Crippen LogP contribution in [0.25, 0.3) is 0 Å². The quantitative estimate of drug-likeness (QED) is 0.113. The first kappa shape index (κ1) is 29.7. The summed E-state index contributed by atoms with van der Waals surface area (Å²) in [5.74, 6) is -1.78. The monoisotopic (exact) mass is 625 g/mol. The Balaban J connectivity index is 1.44. The van der Waals surface area contributed by atoms with Gasteiger partial charge in [-0.15, -0.1) is 16.7 Å². The molecule has 2 aromatic rings. The Labute approximate surface area is 243 Å². The van der Waals surface area contributed by atoms with Crippen molar-refractivity contribution in [2.75, 3.05) is 30.3 Å². The van der Waals surface area contributed by atoms with Gasteiger partial charge < -0.3 is 27.2 Å². The number of rotatable bonds is 13. The molecule has 4 heterocycles. The standard InChI is InChI=1S/C21H23N9O6S4/c22-6-12(31)25-4-5-37-7-9-10(2-1-3-24-9)39-11-8-38-19-14(18(33)30(19)15(11)20(34)35)26-17(32)13(28-36)16-27-21(23)40-29-16/h1-3,13-14,19H,4-8,22H2,(H,25,31)(H,26,32)(H,34,35)(H2,23,27,29). The second kappa shape index (κ2) is 13.4. The van der Waals surface area contributed by atoms with Crippen molar-refractivity contribution in [3.63, 3.8) is 0 Å². The van der Waals surface area contributed by atoms with Crippen molar-refractivity contribution in [2.24, 2.45) is 10.9 Å². The molecule has 2 aliphatic rings. The van der Waals surface area contributed by atoms with Crippen LogP contribution in [0.3, 0.4) is 0 Å². The topological polar surface area (TPSA) is 236 Å². The smallest absolute Gasteiger partial charge is 0.353 e. The van der Waals surface area contributed by atoms with Crippen LogP contribution in [0.1, 0.15) is 17.6 Å². The molecule has 1 saturated heterocycles. The van der Waals surface area contributed by atoms with E-state index in [9.17, 15) is 29.2 Å². The van der Waals surface area contributed by atoms with Crippen LogP contribution in [0.15, 0.2) is 39.0 Å². The molecule has 15 nitrogen and oxygen atoms in total. The van der Waals surface area contributed by atoms with Gasteiger partial charge in [0, 0.05) is 51.3 Å². The van der Waals surface area contributed by atoms with Gasteiger partial charge >= 0.3 is 5.97 Å². The minimum atomic E-state index is -1.59. The first-order chi connectivity index (χ1) is 19.2. The Morgan fingerprint density at radius 3 is 2.83 bits per heavy atom. The summed E-state index contributed by atoms with van der Waals surface area (Å²) in [6.45, 7) is 0.378. The molecular weight excluding hydrogens is 603 g/mol. The summed E-state index contributed by atoms with van der Waals surface area (Å²) in [4.78, 5) is 71.1. The Bertz CT molecular complexity index is 1360. The van der Waals surface area contributed by atoms with Gasteiger partial charge in [-0.3, -0.25) is 24.3 Å². The van der Waals surface area contributed by atoms with Crippen LogP contribution >= 0.6 is 46.8 Å². The van der Waals surface area contributed by atoms with E-state index in [1.807, 2.05) is 6.07 Å². The maximum absolute atomic E-state index is 13.0. The Hall–Kier alpha value is -3.26. The lowest BCUT2D eigenvalue weighted by Crippen LogP contribution is -2.70. The maximum Gasteiger partial charge on any atom is 0.353 e. The van der Waals surface area contributed by atoms with Crippen LogP contribution in [0.2, 0.25) is 0 Å². The molecule has 3 amide bonds. The van der Waals surface area contributed by atoms with E-state index in [-0.39, 0.29) is 34.9 Å². The van der Waals surface area contributed by atoms with Crippen molar-refractivity contribution in [1.82, 2.24) is 29.9 Å². The minimum absolute atomic E-state index is 0.0535. The molecule has 40 heavy (non-hydrogen) atoms. The first-order valence-electron chi connectivity index (χ1n) is 11.5. The number of carboxylic acids is 1. The number of carbonyl (C=O) groups excluding carboxylic acids is 3. The van der Waals surface area contributed by atoms with Crippen molar-refractivity contribution in [2.45, 2.75) is 28.1 Å². The third kappa shape index (κ3) is 6.54. The molecule has 0 radical (unpaired) electrons. The highest BCUT2D eigenvalue weighted by Crippen LogP contribution is 2.45. The van der Waals surface area contributed by atoms with Gasteiger partial charge in [0.25, 0.3) is 11.8 Å². The lowest BCUT2D eigenvalue weighted by atomic mass is 10.0. The molecule has 0 saturated carbocycles. The largest absolute Gasteiger partial charge is 0.477 e. The van der Waals surface area contributed by atoms with E-state index in [4.69, 9.17) is 11.5 Å². The molecule has 4 rings (SSSR count). The Morgan fingerprint density at radius 2 is 2.15 bits per heavy atom. The van der Waals surface area contributed by atoms with E-state index in [0.29, 0.717) is 23.0 Å². The van der Waals surface area contributed by atoms with Gasteiger partial charge in [-0.05, 0) is 17.3 Å². The molecule has 3 atom stereocenters. The number of nitrogens with one attached hydrogen (secondary N) is 2. The number of fused-ring (bicyclic) bond motifs is 1. The van der Waals surface area contributed by atoms with Gasteiger partial charge in [0.15, 0.2) is 11.0 Å². The summed E-state index contributed by atoms with van der Waals surface area (Å²) >= 11 is 4.84. The van der Waals surface area contributed by atoms with Crippen LogP contribution in [-0.2, 0) is 24.9 Å². The van der Waals surface area contributed by atoms with Gasteiger partial charge in [-0.1, -0.05) is 11.8 Å².